The van der Waals surface area contributed by atoms with Crippen LogP contribution in [0.5, 0.6) is 0 Å². The Balaban J connectivity index is 2.22. The summed E-state index contributed by atoms with van der Waals surface area (Å²) in [6, 6.07) is 0.414. The zero-order valence-corrected chi connectivity index (χ0v) is 10.9. The van der Waals surface area contributed by atoms with Crippen LogP contribution in [-0.4, -0.2) is 24.0 Å². The van der Waals surface area contributed by atoms with Gasteiger partial charge in [0.15, 0.2) is 0 Å². The van der Waals surface area contributed by atoms with Crippen LogP contribution in [0.4, 0.5) is 0 Å². The number of rotatable bonds is 3. The third-order valence-corrected chi connectivity index (χ3v) is 3.00. The Labute approximate surface area is 99.4 Å². The van der Waals surface area contributed by atoms with E-state index in [1.165, 1.54) is 25.7 Å². The molecule has 1 fully saturated rings. The minimum atomic E-state index is 0.0147. The van der Waals surface area contributed by atoms with Gasteiger partial charge in [-0.15, -0.1) is 0 Å². The molecule has 0 aromatic rings. The molecule has 0 spiro atoms. The van der Waals surface area contributed by atoms with E-state index in [1.54, 1.807) is 0 Å². The van der Waals surface area contributed by atoms with Crippen LogP contribution in [0.15, 0.2) is 0 Å². The van der Waals surface area contributed by atoms with Gasteiger partial charge in [-0.3, -0.25) is 4.79 Å². The van der Waals surface area contributed by atoms with Gasteiger partial charge in [0, 0.05) is 11.6 Å². The maximum Gasteiger partial charge on any atom is 0.234 e. The molecular weight excluding hydrogens is 200 g/mol. The Morgan fingerprint density at radius 3 is 2.19 bits per heavy atom. The van der Waals surface area contributed by atoms with Crippen molar-refractivity contribution in [2.45, 2.75) is 70.9 Å². The van der Waals surface area contributed by atoms with Gasteiger partial charge in [-0.1, -0.05) is 25.7 Å². The molecule has 1 aliphatic rings. The Morgan fingerprint density at radius 2 is 1.69 bits per heavy atom. The lowest BCUT2D eigenvalue weighted by Crippen LogP contribution is -2.45. The molecule has 1 saturated carbocycles. The summed E-state index contributed by atoms with van der Waals surface area (Å²) in [5, 5.41) is 6.34. The molecule has 0 aliphatic heterocycles. The van der Waals surface area contributed by atoms with Gasteiger partial charge >= 0.3 is 0 Å². The van der Waals surface area contributed by atoms with E-state index in [1.807, 2.05) is 0 Å². The van der Waals surface area contributed by atoms with E-state index < -0.39 is 0 Å². The lowest BCUT2D eigenvalue weighted by molar-refractivity contribution is -0.121. The van der Waals surface area contributed by atoms with Crippen LogP contribution in [0, 0.1) is 0 Å². The Kier molecular flexibility index (Phi) is 5.26. The first-order valence-corrected chi connectivity index (χ1v) is 6.52. The van der Waals surface area contributed by atoms with Crippen LogP contribution in [0.3, 0.4) is 0 Å². The largest absolute Gasteiger partial charge is 0.352 e. The minimum absolute atomic E-state index is 0.0147. The summed E-state index contributed by atoms with van der Waals surface area (Å²) in [6.45, 7) is 6.66. The molecule has 1 aliphatic carbocycles. The van der Waals surface area contributed by atoms with E-state index in [0.717, 1.165) is 12.8 Å². The van der Waals surface area contributed by atoms with Gasteiger partial charge in [0.05, 0.1) is 6.54 Å². The van der Waals surface area contributed by atoms with Crippen molar-refractivity contribution in [1.29, 1.82) is 0 Å². The van der Waals surface area contributed by atoms with Crippen molar-refractivity contribution >= 4 is 5.91 Å². The fraction of sp³-hybridized carbons (Fsp3) is 0.923. The Bertz CT molecular complexity index is 212. The molecule has 1 amide bonds. The van der Waals surface area contributed by atoms with Gasteiger partial charge in [0.1, 0.15) is 0 Å². The fourth-order valence-electron chi connectivity index (χ4n) is 2.05. The first-order chi connectivity index (χ1) is 7.47. The number of nitrogens with one attached hydrogen (secondary N) is 2. The Hall–Kier alpha value is -0.570. The average Bonchev–Trinajstić information content (AvgIpc) is 2.42. The molecule has 0 radical (unpaired) electrons. The molecule has 1 rings (SSSR count). The molecule has 0 bridgehead atoms. The predicted molar refractivity (Wildman–Crippen MR) is 67.4 cm³/mol. The van der Waals surface area contributed by atoms with Crippen molar-refractivity contribution in [3.63, 3.8) is 0 Å². The summed E-state index contributed by atoms with van der Waals surface area (Å²) < 4.78 is 0. The monoisotopic (exact) mass is 226 g/mol. The first kappa shape index (κ1) is 13.5. The predicted octanol–water partition coefficient (Wildman–Crippen LogP) is 2.21. The van der Waals surface area contributed by atoms with Gasteiger partial charge < -0.3 is 10.6 Å². The van der Waals surface area contributed by atoms with E-state index in [0.29, 0.717) is 12.6 Å². The van der Waals surface area contributed by atoms with E-state index in [9.17, 15) is 4.79 Å². The lowest BCUT2D eigenvalue weighted by atomic mass is 10.1. The van der Waals surface area contributed by atoms with Gasteiger partial charge in [-0.25, -0.2) is 0 Å². The number of carbonyl (C=O) groups is 1. The van der Waals surface area contributed by atoms with Gasteiger partial charge in [0.25, 0.3) is 0 Å². The van der Waals surface area contributed by atoms with Gasteiger partial charge in [-0.05, 0) is 33.6 Å². The van der Waals surface area contributed by atoms with Crippen LogP contribution >= 0.6 is 0 Å². The SMILES string of the molecule is CC(C)(C)NCC(=O)NC1CCCCCC1. The molecule has 0 saturated heterocycles. The highest BCUT2D eigenvalue weighted by molar-refractivity contribution is 5.78. The first-order valence-electron chi connectivity index (χ1n) is 6.52. The maximum atomic E-state index is 11.7. The van der Waals surface area contributed by atoms with Crippen LogP contribution in [0.1, 0.15) is 59.3 Å². The molecule has 3 nitrogen and oxygen atoms in total. The second-order valence-electron chi connectivity index (χ2n) is 5.86. The zero-order valence-electron chi connectivity index (χ0n) is 10.9. The smallest absolute Gasteiger partial charge is 0.234 e. The summed E-state index contributed by atoms with van der Waals surface area (Å²) in [5.41, 5.74) is 0.0147. The van der Waals surface area contributed by atoms with E-state index in [4.69, 9.17) is 0 Å². The molecular formula is C13H26N2O. The van der Waals surface area contributed by atoms with E-state index in [2.05, 4.69) is 31.4 Å². The summed E-state index contributed by atoms with van der Waals surface area (Å²) in [5.74, 6) is 0.141. The molecule has 0 aromatic heterocycles. The fourth-order valence-corrected chi connectivity index (χ4v) is 2.05. The average molecular weight is 226 g/mol. The number of carbonyl (C=O) groups excluding carboxylic acids is 1. The number of hydrogen-bond donors (Lipinski definition) is 2. The van der Waals surface area contributed by atoms with Crippen molar-refractivity contribution in [1.82, 2.24) is 10.6 Å². The number of amides is 1. The summed E-state index contributed by atoms with van der Waals surface area (Å²) >= 11 is 0. The van der Waals surface area contributed by atoms with Crippen molar-refractivity contribution in [3.8, 4) is 0 Å². The second kappa shape index (κ2) is 6.24. The van der Waals surface area contributed by atoms with Crippen LogP contribution in [-0.2, 0) is 4.79 Å². The third-order valence-electron chi connectivity index (χ3n) is 3.00. The molecule has 0 aromatic carbocycles. The summed E-state index contributed by atoms with van der Waals surface area (Å²) in [6.07, 6.45) is 7.48. The van der Waals surface area contributed by atoms with Crippen LogP contribution in [0.25, 0.3) is 0 Å². The molecule has 3 heteroatoms. The Morgan fingerprint density at radius 1 is 1.12 bits per heavy atom. The summed E-state index contributed by atoms with van der Waals surface area (Å²) in [4.78, 5) is 11.7. The standard InChI is InChI=1S/C13H26N2O/c1-13(2,3)14-10-12(16)15-11-8-6-4-5-7-9-11/h11,14H,4-10H2,1-3H3,(H,15,16). The van der Waals surface area contributed by atoms with Crippen LogP contribution < -0.4 is 10.6 Å². The molecule has 0 atom stereocenters. The molecule has 94 valence electrons. The molecule has 0 heterocycles. The van der Waals surface area contributed by atoms with Crippen molar-refractivity contribution in [3.05, 3.63) is 0 Å². The highest BCUT2D eigenvalue weighted by Crippen LogP contribution is 2.16. The third kappa shape index (κ3) is 6.11. The van der Waals surface area contributed by atoms with Crippen molar-refractivity contribution in [2.24, 2.45) is 0 Å². The topological polar surface area (TPSA) is 41.1 Å². The maximum absolute atomic E-state index is 11.7. The zero-order chi connectivity index (χ0) is 12.0. The van der Waals surface area contributed by atoms with E-state index in [-0.39, 0.29) is 11.4 Å². The lowest BCUT2D eigenvalue weighted by Gasteiger charge is -2.22. The van der Waals surface area contributed by atoms with Crippen LogP contribution in [0.2, 0.25) is 0 Å². The highest BCUT2D eigenvalue weighted by atomic mass is 16.2. The second-order valence-corrected chi connectivity index (χ2v) is 5.86. The van der Waals surface area contributed by atoms with Crippen molar-refractivity contribution in [2.75, 3.05) is 6.54 Å². The van der Waals surface area contributed by atoms with Gasteiger partial charge in [-0.2, -0.15) is 0 Å². The molecule has 0 unspecified atom stereocenters. The normalized spacial score (nSPS) is 19.2. The quantitative estimate of drug-likeness (QED) is 0.724. The highest BCUT2D eigenvalue weighted by Gasteiger charge is 2.16. The van der Waals surface area contributed by atoms with Gasteiger partial charge in [0.2, 0.25) is 5.91 Å². The minimum Gasteiger partial charge on any atom is -0.352 e. The molecule has 16 heavy (non-hydrogen) atoms. The molecule has 2 N–H and O–H groups in total. The van der Waals surface area contributed by atoms with Crippen molar-refractivity contribution < 1.29 is 4.79 Å². The number of hydrogen-bond acceptors (Lipinski definition) is 2. The van der Waals surface area contributed by atoms with E-state index >= 15 is 0 Å². The summed E-state index contributed by atoms with van der Waals surface area (Å²) in [7, 11) is 0.